The largest absolute Gasteiger partial charge is 0.360 e. The van der Waals surface area contributed by atoms with E-state index in [2.05, 4.69) is 37.2 Å². The summed E-state index contributed by atoms with van der Waals surface area (Å²) in [7, 11) is 0. The Labute approximate surface area is 179 Å². The van der Waals surface area contributed by atoms with Gasteiger partial charge in [-0.05, 0) is 50.5 Å². The zero-order valence-electron chi connectivity index (χ0n) is 16.9. The normalized spacial score (nSPS) is 14.7. The third-order valence-corrected chi connectivity index (χ3v) is 6.40. The molecule has 7 heteroatoms. The van der Waals surface area contributed by atoms with Gasteiger partial charge < -0.3 is 10.3 Å². The number of aromatic amines is 1. The van der Waals surface area contributed by atoms with E-state index in [1.54, 1.807) is 0 Å². The summed E-state index contributed by atoms with van der Waals surface area (Å²) in [6.07, 6.45) is 4.23. The topological polar surface area (TPSA) is 75.6 Å². The Morgan fingerprint density at radius 1 is 1.20 bits per heavy atom. The number of thioether (sulfide) groups is 1. The van der Waals surface area contributed by atoms with E-state index in [0.717, 1.165) is 51.5 Å². The van der Waals surface area contributed by atoms with Crippen LogP contribution in [0.3, 0.4) is 0 Å². The smallest absolute Gasteiger partial charge is 0.237 e. The zero-order chi connectivity index (χ0) is 20.7. The zero-order valence-corrected chi connectivity index (χ0v) is 17.7. The third kappa shape index (κ3) is 3.61. The maximum atomic E-state index is 12.7. The Balaban J connectivity index is 1.41. The van der Waals surface area contributed by atoms with Gasteiger partial charge in [0.25, 0.3) is 0 Å². The average molecular weight is 418 g/mol. The molecule has 0 bridgehead atoms. The lowest BCUT2D eigenvalue weighted by Crippen LogP contribution is -2.23. The number of anilines is 1. The van der Waals surface area contributed by atoms with Crippen LogP contribution < -0.4 is 5.32 Å². The number of hydrogen-bond donors (Lipinski definition) is 2. The average Bonchev–Trinajstić information content (AvgIpc) is 3.35. The van der Waals surface area contributed by atoms with Crippen molar-refractivity contribution in [3.05, 3.63) is 60.3 Å². The minimum Gasteiger partial charge on any atom is -0.360 e. The van der Waals surface area contributed by atoms with Crippen molar-refractivity contribution >= 4 is 34.3 Å². The van der Waals surface area contributed by atoms with Crippen LogP contribution >= 0.6 is 11.8 Å². The maximum absolute atomic E-state index is 12.7. The van der Waals surface area contributed by atoms with Gasteiger partial charge in [0.15, 0.2) is 11.0 Å². The van der Waals surface area contributed by atoms with Gasteiger partial charge in [-0.15, -0.1) is 10.2 Å². The third-order valence-electron chi connectivity index (χ3n) is 5.34. The first-order valence-electron chi connectivity index (χ1n) is 10.2. The fourth-order valence-electron chi connectivity index (χ4n) is 3.64. The van der Waals surface area contributed by atoms with Gasteiger partial charge >= 0.3 is 0 Å². The predicted molar refractivity (Wildman–Crippen MR) is 121 cm³/mol. The van der Waals surface area contributed by atoms with E-state index in [-0.39, 0.29) is 11.2 Å². The number of fused-ring (bicyclic) bond motifs is 1. The summed E-state index contributed by atoms with van der Waals surface area (Å²) in [4.78, 5) is 16.1. The summed E-state index contributed by atoms with van der Waals surface area (Å²) in [5, 5.41) is 13.6. The Kier molecular flexibility index (Phi) is 4.83. The second-order valence-electron chi connectivity index (χ2n) is 7.77. The first kappa shape index (κ1) is 18.9. The van der Waals surface area contributed by atoms with E-state index in [9.17, 15) is 4.79 Å². The lowest BCUT2D eigenvalue weighted by Gasteiger charge is -2.13. The molecule has 1 amide bonds. The van der Waals surface area contributed by atoms with Crippen molar-refractivity contribution in [3.63, 3.8) is 0 Å². The minimum absolute atomic E-state index is 0.0374. The Bertz CT molecular complexity index is 1220. The number of H-pyrrole nitrogens is 1. The summed E-state index contributed by atoms with van der Waals surface area (Å²) in [5.74, 6) is 0.827. The van der Waals surface area contributed by atoms with Crippen molar-refractivity contribution in [2.24, 2.45) is 0 Å². The van der Waals surface area contributed by atoms with Gasteiger partial charge in [0.1, 0.15) is 0 Å². The second kappa shape index (κ2) is 7.65. The lowest BCUT2D eigenvalue weighted by molar-refractivity contribution is -0.115. The highest BCUT2D eigenvalue weighted by atomic mass is 32.2. The summed E-state index contributed by atoms with van der Waals surface area (Å²) in [5.41, 5.74) is 4.06. The van der Waals surface area contributed by atoms with Crippen molar-refractivity contribution in [2.45, 2.75) is 43.1 Å². The molecular weight excluding hydrogens is 394 g/mol. The van der Waals surface area contributed by atoms with Crippen molar-refractivity contribution in [1.29, 1.82) is 0 Å². The molecule has 2 aromatic heterocycles. The molecule has 1 aliphatic rings. The second-order valence-corrected chi connectivity index (χ2v) is 9.08. The lowest BCUT2D eigenvalue weighted by atomic mass is 10.1. The number of nitrogens with one attached hydrogen (secondary N) is 2. The minimum atomic E-state index is -0.289. The highest BCUT2D eigenvalue weighted by Gasteiger charge is 2.32. The molecule has 152 valence electrons. The molecule has 2 N–H and O–H groups in total. The Morgan fingerprint density at radius 2 is 2.03 bits per heavy atom. The molecule has 5 rings (SSSR count). The first-order valence-corrected chi connectivity index (χ1v) is 11.0. The van der Waals surface area contributed by atoms with Crippen molar-refractivity contribution < 1.29 is 4.79 Å². The number of hydrogen-bond acceptors (Lipinski definition) is 4. The van der Waals surface area contributed by atoms with Crippen LogP contribution in [-0.4, -0.2) is 30.9 Å². The van der Waals surface area contributed by atoms with Gasteiger partial charge in [-0.25, -0.2) is 0 Å². The fourth-order valence-corrected chi connectivity index (χ4v) is 4.56. The Hall–Kier alpha value is -3.06. The van der Waals surface area contributed by atoms with Crippen LogP contribution in [0.1, 0.15) is 31.4 Å². The number of rotatable bonds is 6. The van der Waals surface area contributed by atoms with Crippen LogP contribution in [0.15, 0.2) is 59.9 Å². The number of nitrogens with zero attached hydrogens (tertiary/aromatic N) is 3. The molecule has 0 radical (unpaired) electrons. The van der Waals surface area contributed by atoms with Crippen molar-refractivity contribution in [2.75, 3.05) is 5.32 Å². The molecule has 1 saturated carbocycles. The fraction of sp³-hybridized carbons (Fsp3) is 0.261. The number of amides is 1. The number of aromatic nitrogens is 4. The molecule has 4 aromatic rings. The molecule has 2 heterocycles. The monoisotopic (exact) mass is 417 g/mol. The highest BCUT2D eigenvalue weighted by Crippen LogP contribution is 2.42. The quantitative estimate of drug-likeness (QED) is 0.423. The molecule has 2 aromatic carbocycles. The summed E-state index contributed by atoms with van der Waals surface area (Å²) in [6.45, 7) is 3.92. The number of carbonyl (C=O) groups excluding carboxylic acids is 1. The highest BCUT2D eigenvalue weighted by molar-refractivity contribution is 8.00. The molecule has 30 heavy (non-hydrogen) atoms. The molecule has 0 spiro atoms. The molecule has 1 aliphatic carbocycles. The molecule has 0 aliphatic heterocycles. The van der Waals surface area contributed by atoms with Gasteiger partial charge in [0.05, 0.1) is 5.25 Å². The molecule has 1 atom stereocenters. The van der Waals surface area contributed by atoms with E-state index in [1.165, 1.54) is 11.8 Å². The van der Waals surface area contributed by atoms with Crippen LogP contribution in [0.2, 0.25) is 0 Å². The van der Waals surface area contributed by atoms with Gasteiger partial charge in [0.2, 0.25) is 5.91 Å². The predicted octanol–water partition coefficient (Wildman–Crippen LogP) is 5.19. The van der Waals surface area contributed by atoms with Crippen LogP contribution in [0.4, 0.5) is 5.69 Å². The molecule has 0 saturated heterocycles. The van der Waals surface area contributed by atoms with Crippen molar-refractivity contribution in [3.8, 4) is 11.4 Å². The van der Waals surface area contributed by atoms with Gasteiger partial charge in [-0.3, -0.25) is 9.36 Å². The van der Waals surface area contributed by atoms with Crippen LogP contribution in [0, 0.1) is 6.92 Å². The summed E-state index contributed by atoms with van der Waals surface area (Å²) in [6, 6.07) is 16.4. The van der Waals surface area contributed by atoms with Gasteiger partial charge in [-0.2, -0.15) is 0 Å². The van der Waals surface area contributed by atoms with Crippen LogP contribution in [0.25, 0.3) is 22.3 Å². The van der Waals surface area contributed by atoms with E-state index < -0.39 is 0 Å². The SMILES string of the molecule is Cc1cccc(NC(=O)[C@@H](C)Sc2nnc(-c3c[nH]c4ccccc34)n2C2CC2)c1. The standard InChI is InChI=1S/C23H23N5OS/c1-14-6-5-7-16(12-14)25-22(29)15(2)30-23-27-26-21(28(23)17-10-11-17)19-13-24-20-9-4-3-8-18(19)20/h3-9,12-13,15,17,24H,10-11H2,1-2H3,(H,25,29)/t15-/m1/s1. The van der Waals surface area contributed by atoms with Crippen LogP contribution in [-0.2, 0) is 4.79 Å². The maximum Gasteiger partial charge on any atom is 0.237 e. The van der Waals surface area contributed by atoms with E-state index in [4.69, 9.17) is 0 Å². The molecule has 0 unspecified atom stereocenters. The summed E-state index contributed by atoms with van der Waals surface area (Å²) < 4.78 is 2.21. The number of benzene rings is 2. The summed E-state index contributed by atoms with van der Waals surface area (Å²) >= 11 is 1.46. The van der Waals surface area contributed by atoms with E-state index in [1.807, 2.05) is 56.4 Å². The molecule has 1 fully saturated rings. The van der Waals surface area contributed by atoms with Crippen molar-refractivity contribution in [1.82, 2.24) is 19.7 Å². The molecular formula is C23H23N5OS. The first-order chi connectivity index (χ1) is 14.6. The van der Waals surface area contributed by atoms with Gasteiger partial charge in [0, 0.05) is 34.4 Å². The van der Waals surface area contributed by atoms with Crippen LogP contribution in [0.5, 0.6) is 0 Å². The number of carbonyl (C=O) groups is 1. The van der Waals surface area contributed by atoms with E-state index in [0.29, 0.717) is 6.04 Å². The Morgan fingerprint density at radius 3 is 2.83 bits per heavy atom. The molecule has 6 nitrogen and oxygen atoms in total. The number of aryl methyl sites for hydroxylation is 1. The van der Waals surface area contributed by atoms with E-state index >= 15 is 0 Å². The van der Waals surface area contributed by atoms with Gasteiger partial charge in [-0.1, -0.05) is 42.1 Å². The number of para-hydroxylation sites is 1.